The van der Waals surface area contributed by atoms with Gasteiger partial charge in [0.2, 0.25) is 0 Å². The van der Waals surface area contributed by atoms with Crippen molar-refractivity contribution < 1.29 is 21.1 Å². The van der Waals surface area contributed by atoms with Gasteiger partial charge in [0, 0.05) is 33.5 Å². The number of pyridine rings is 2. The number of rotatable bonds is 5. The Morgan fingerprint density at radius 3 is 2.50 bits per heavy atom. The molecule has 2 aromatic rings. The third-order valence-electron chi connectivity index (χ3n) is 2.85. The minimum atomic E-state index is 0. The fourth-order valence-corrected chi connectivity index (χ4v) is 1.94. The molecule has 0 amide bonds. The predicted molar refractivity (Wildman–Crippen MR) is 70.7 cm³/mol. The molecule has 0 saturated heterocycles. The number of unbranched alkanes of at least 4 members (excludes halogenated alkanes) is 2. The van der Waals surface area contributed by atoms with Crippen LogP contribution >= 0.6 is 0 Å². The first-order chi connectivity index (χ1) is 8.42. The van der Waals surface area contributed by atoms with Crippen molar-refractivity contribution in [3.8, 4) is 11.4 Å². The van der Waals surface area contributed by atoms with Crippen molar-refractivity contribution in [3.63, 3.8) is 0 Å². The van der Waals surface area contributed by atoms with Gasteiger partial charge in [-0.15, -0.1) is 0 Å². The third kappa shape index (κ3) is 4.03. The van der Waals surface area contributed by atoms with Crippen molar-refractivity contribution in [2.24, 2.45) is 0 Å². The average molecular weight is 421 g/mol. The van der Waals surface area contributed by atoms with E-state index in [4.69, 9.17) is 0 Å². The smallest absolute Gasteiger partial charge is 0.0918 e. The van der Waals surface area contributed by atoms with Crippen LogP contribution in [-0.2, 0) is 27.5 Å². The zero-order chi connectivity index (χ0) is 11.9. The molecule has 2 heterocycles. The zero-order valence-electron chi connectivity index (χ0n) is 10.6. The number of aryl methyl sites for hydroxylation is 1. The zero-order valence-corrected chi connectivity index (χ0v) is 12.9. The molecular weight excluding hydrogens is 403 g/mol. The van der Waals surface area contributed by atoms with Gasteiger partial charge in [-0.2, -0.15) is 0 Å². The molecule has 0 fully saturated rings. The van der Waals surface area contributed by atoms with Crippen molar-refractivity contribution >= 4 is 0 Å². The normalized spacial score (nSPS) is 9.83. The molecule has 0 unspecified atom stereocenters. The van der Waals surface area contributed by atoms with Gasteiger partial charge in [-0.25, -0.2) is 0 Å². The van der Waals surface area contributed by atoms with Crippen LogP contribution in [0, 0.1) is 0 Å². The second-order valence-electron chi connectivity index (χ2n) is 4.18. The molecule has 0 bridgehead atoms. The van der Waals surface area contributed by atoms with Crippen LogP contribution in [0.15, 0.2) is 42.7 Å². The van der Waals surface area contributed by atoms with E-state index >= 15 is 0 Å². The molecule has 18 heavy (non-hydrogen) atoms. The van der Waals surface area contributed by atoms with E-state index in [1.54, 1.807) is 0 Å². The monoisotopic (exact) mass is 421 g/mol. The van der Waals surface area contributed by atoms with Crippen LogP contribution in [0.1, 0.15) is 31.7 Å². The van der Waals surface area contributed by atoms with Crippen LogP contribution in [0.3, 0.4) is 0 Å². The summed E-state index contributed by atoms with van der Waals surface area (Å²) in [5, 5.41) is 0. The summed E-state index contributed by atoms with van der Waals surface area (Å²) in [6.45, 7) is 2.23. The van der Waals surface area contributed by atoms with Crippen LogP contribution in [0.2, 0.25) is 0 Å². The van der Waals surface area contributed by atoms with E-state index < -0.39 is 0 Å². The molecule has 0 aliphatic rings. The number of hydrogen-bond acceptors (Lipinski definition) is 2. The van der Waals surface area contributed by atoms with Gasteiger partial charge in [0.15, 0.2) is 0 Å². The summed E-state index contributed by atoms with van der Waals surface area (Å²) in [5.74, 6) is 0. The first kappa shape index (κ1) is 15.0. The molecule has 2 nitrogen and oxygen atoms in total. The first-order valence-corrected chi connectivity index (χ1v) is 6.27. The SMILES string of the molecule is CCCCCc1cccnc1-c1ccccn1.[Pt]. The third-order valence-corrected chi connectivity index (χ3v) is 2.85. The molecule has 0 radical (unpaired) electrons. The second-order valence-corrected chi connectivity index (χ2v) is 4.18. The van der Waals surface area contributed by atoms with Crippen molar-refractivity contribution in [3.05, 3.63) is 48.3 Å². The molecule has 0 saturated carbocycles. The topological polar surface area (TPSA) is 25.8 Å². The predicted octanol–water partition coefficient (Wildman–Crippen LogP) is 3.87. The Hall–Kier alpha value is -1.01. The van der Waals surface area contributed by atoms with E-state index in [1.165, 1.54) is 24.8 Å². The van der Waals surface area contributed by atoms with Gasteiger partial charge in [0.1, 0.15) is 0 Å². The Labute approximate surface area is 123 Å². The minimum absolute atomic E-state index is 0. The fraction of sp³-hybridized carbons (Fsp3) is 0.333. The Morgan fingerprint density at radius 2 is 1.78 bits per heavy atom. The largest absolute Gasteiger partial charge is 0.255 e. The average Bonchev–Trinajstić information content (AvgIpc) is 2.41. The molecule has 3 heteroatoms. The van der Waals surface area contributed by atoms with Crippen LogP contribution in [0.25, 0.3) is 11.4 Å². The minimum Gasteiger partial charge on any atom is -0.255 e. The maximum absolute atomic E-state index is 4.47. The van der Waals surface area contributed by atoms with Gasteiger partial charge in [-0.05, 0) is 36.6 Å². The van der Waals surface area contributed by atoms with E-state index in [0.29, 0.717) is 0 Å². The van der Waals surface area contributed by atoms with E-state index in [9.17, 15) is 0 Å². The van der Waals surface area contributed by atoms with E-state index in [1.807, 2.05) is 36.7 Å². The molecule has 98 valence electrons. The van der Waals surface area contributed by atoms with Gasteiger partial charge in [0.25, 0.3) is 0 Å². The summed E-state index contributed by atoms with van der Waals surface area (Å²) in [6.07, 6.45) is 8.50. The number of hydrogen-bond donors (Lipinski definition) is 0. The van der Waals surface area contributed by atoms with Gasteiger partial charge in [-0.1, -0.05) is 31.9 Å². The molecule has 0 aliphatic carbocycles. The molecule has 0 N–H and O–H groups in total. The maximum Gasteiger partial charge on any atom is 0.0918 e. The van der Waals surface area contributed by atoms with Crippen molar-refractivity contribution in [1.82, 2.24) is 9.97 Å². The van der Waals surface area contributed by atoms with Crippen molar-refractivity contribution in [2.45, 2.75) is 32.6 Å². The van der Waals surface area contributed by atoms with E-state index in [-0.39, 0.29) is 21.1 Å². The summed E-state index contributed by atoms with van der Waals surface area (Å²) < 4.78 is 0. The Balaban J connectivity index is 0.00000162. The van der Waals surface area contributed by atoms with E-state index in [0.717, 1.165) is 17.8 Å². The molecule has 0 aromatic carbocycles. The van der Waals surface area contributed by atoms with Crippen LogP contribution in [-0.4, -0.2) is 9.97 Å². The summed E-state index contributed by atoms with van der Waals surface area (Å²) >= 11 is 0. The molecule has 0 aliphatic heterocycles. The molecule has 2 aromatic heterocycles. The van der Waals surface area contributed by atoms with Gasteiger partial charge >= 0.3 is 0 Å². The van der Waals surface area contributed by atoms with Gasteiger partial charge in [-0.3, -0.25) is 9.97 Å². The number of aromatic nitrogens is 2. The summed E-state index contributed by atoms with van der Waals surface area (Å²) in [5.41, 5.74) is 3.31. The summed E-state index contributed by atoms with van der Waals surface area (Å²) in [7, 11) is 0. The molecule has 0 spiro atoms. The Bertz CT molecular complexity index is 457. The van der Waals surface area contributed by atoms with Crippen LogP contribution in [0.5, 0.6) is 0 Å². The summed E-state index contributed by atoms with van der Waals surface area (Å²) in [6, 6.07) is 10.1. The quantitative estimate of drug-likeness (QED) is 0.685. The van der Waals surface area contributed by atoms with Gasteiger partial charge in [0.05, 0.1) is 11.4 Å². The molecule has 0 atom stereocenters. The number of nitrogens with zero attached hydrogens (tertiary/aromatic N) is 2. The standard InChI is InChI=1S/C15H18N2.Pt/c1-2-3-4-8-13-9-7-12-17-15(13)14-10-5-6-11-16-14;/h5-7,9-12H,2-4,8H2,1H3;. The fourth-order valence-electron chi connectivity index (χ4n) is 1.94. The van der Waals surface area contributed by atoms with E-state index in [2.05, 4.69) is 23.0 Å². The van der Waals surface area contributed by atoms with Crippen LogP contribution < -0.4 is 0 Å². The molecule has 2 rings (SSSR count). The van der Waals surface area contributed by atoms with Crippen LogP contribution in [0.4, 0.5) is 0 Å². The summed E-state index contributed by atoms with van der Waals surface area (Å²) in [4.78, 5) is 8.84. The Morgan fingerprint density at radius 1 is 0.944 bits per heavy atom. The second kappa shape index (κ2) is 8.15. The Kier molecular flexibility index (Phi) is 6.82. The van der Waals surface area contributed by atoms with Crippen molar-refractivity contribution in [2.75, 3.05) is 0 Å². The van der Waals surface area contributed by atoms with Crippen molar-refractivity contribution in [1.29, 1.82) is 0 Å². The van der Waals surface area contributed by atoms with Gasteiger partial charge < -0.3 is 0 Å². The first-order valence-electron chi connectivity index (χ1n) is 6.27. The maximum atomic E-state index is 4.47. The molecular formula is C15H18N2Pt.